The number of allylic oxidation sites excluding steroid dienone is 1. The van der Waals surface area contributed by atoms with Crippen LogP contribution in [0.25, 0.3) is 0 Å². The summed E-state index contributed by atoms with van der Waals surface area (Å²) in [7, 11) is 0. The molecule has 0 fully saturated rings. The summed E-state index contributed by atoms with van der Waals surface area (Å²) in [6.45, 7) is 5.67. The van der Waals surface area contributed by atoms with E-state index in [2.05, 4.69) is 31.4 Å². The van der Waals surface area contributed by atoms with Crippen LogP contribution < -0.4 is 18.9 Å². The Morgan fingerprint density at radius 3 is 2.45 bits per heavy atom. The molecule has 0 saturated carbocycles. The first-order valence-corrected chi connectivity index (χ1v) is 3.87. The van der Waals surface area contributed by atoms with Gasteiger partial charge in [0.15, 0.2) is 0 Å². The van der Waals surface area contributed by atoms with Gasteiger partial charge in [-0.05, 0) is 6.42 Å². The standard InChI is InChI=1S/C10H15.Li/c1-3-5-7-9-10-8-6-4-2;/h1,4-7,9H2,2H3;/q-1;+1. The van der Waals surface area contributed by atoms with Gasteiger partial charge in [0, 0.05) is 12.8 Å². The predicted octanol–water partition coefficient (Wildman–Crippen LogP) is -0.0466. The van der Waals surface area contributed by atoms with Crippen LogP contribution in [0.15, 0.2) is 6.58 Å². The summed E-state index contributed by atoms with van der Waals surface area (Å²) in [5.41, 5.74) is 0. The van der Waals surface area contributed by atoms with E-state index in [1.165, 1.54) is 6.42 Å². The Morgan fingerprint density at radius 2 is 1.91 bits per heavy atom. The SMILES string of the molecule is C=[C-]CCCC#CCCC.[Li+]. The molecule has 0 spiro atoms. The van der Waals surface area contributed by atoms with E-state index in [9.17, 15) is 0 Å². The molecule has 0 aliphatic carbocycles. The molecule has 1 heteroatoms. The van der Waals surface area contributed by atoms with E-state index in [1.54, 1.807) is 0 Å². The molecular formula is C10H15Li. The summed E-state index contributed by atoms with van der Waals surface area (Å²) >= 11 is 0. The van der Waals surface area contributed by atoms with Crippen LogP contribution in [0.1, 0.15) is 39.0 Å². The normalized spacial score (nSPS) is 7.36. The second kappa shape index (κ2) is 12.6. The quantitative estimate of drug-likeness (QED) is 0.223. The van der Waals surface area contributed by atoms with Gasteiger partial charge in [0.2, 0.25) is 0 Å². The fourth-order valence-corrected chi connectivity index (χ4v) is 0.604. The minimum Gasteiger partial charge on any atom is -0.504 e. The van der Waals surface area contributed by atoms with Crippen LogP contribution in [0, 0.1) is 17.9 Å². The van der Waals surface area contributed by atoms with Crippen LogP contribution >= 0.6 is 0 Å². The van der Waals surface area contributed by atoms with Gasteiger partial charge in [-0.3, -0.25) is 6.58 Å². The molecule has 0 bridgehead atoms. The van der Waals surface area contributed by atoms with Gasteiger partial charge in [-0.2, -0.15) is 6.42 Å². The van der Waals surface area contributed by atoms with Crippen molar-refractivity contribution in [3.8, 4) is 11.8 Å². The largest absolute Gasteiger partial charge is 1.00 e. The monoisotopic (exact) mass is 142 g/mol. The summed E-state index contributed by atoms with van der Waals surface area (Å²) < 4.78 is 0. The summed E-state index contributed by atoms with van der Waals surface area (Å²) in [5, 5.41) is 0. The van der Waals surface area contributed by atoms with E-state index >= 15 is 0 Å². The van der Waals surface area contributed by atoms with Crippen molar-refractivity contribution in [3.05, 3.63) is 12.7 Å². The molecule has 0 amide bonds. The number of hydrogen-bond acceptors (Lipinski definition) is 0. The first kappa shape index (κ1) is 13.5. The molecule has 56 valence electrons. The number of unbranched alkanes of at least 4 members (excludes halogenated alkanes) is 3. The molecule has 0 nitrogen and oxygen atoms in total. The summed E-state index contributed by atoms with van der Waals surface area (Å²) in [6.07, 6.45) is 8.13. The first-order valence-electron chi connectivity index (χ1n) is 3.87. The average molecular weight is 142 g/mol. The van der Waals surface area contributed by atoms with Crippen molar-refractivity contribution in [2.45, 2.75) is 39.0 Å². The average Bonchev–Trinajstić information content (AvgIpc) is 1.97. The van der Waals surface area contributed by atoms with E-state index in [1.807, 2.05) is 0 Å². The second-order valence-corrected chi connectivity index (χ2v) is 2.21. The van der Waals surface area contributed by atoms with Crippen molar-refractivity contribution >= 4 is 0 Å². The molecule has 0 saturated heterocycles. The molecule has 0 N–H and O–H groups in total. The van der Waals surface area contributed by atoms with Gasteiger partial charge in [-0.15, -0.1) is 11.8 Å². The molecule has 0 unspecified atom stereocenters. The van der Waals surface area contributed by atoms with Gasteiger partial charge in [0.05, 0.1) is 0 Å². The molecule has 0 aromatic carbocycles. The van der Waals surface area contributed by atoms with Crippen molar-refractivity contribution in [1.29, 1.82) is 0 Å². The fourth-order valence-electron chi connectivity index (χ4n) is 0.604. The van der Waals surface area contributed by atoms with Gasteiger partial charge in [-0.1, -0.05) is 13.3 Å². The van der Waals surface area contributed by atoms with Gasteiger partial charge >= 0.3 is 18.9 Å². The maximum Gasteiger partial charge on any atom is 1.00 e. The molecule has 0 atom stereocenters. The second-order valence-electron chi connectivity index (χ2n) is 2.21. The predicted molar refractivity (Wildman–Crippen MR) is 45.4 cm³/mol. The van der Waals surface area contributed by atoms with E-state index in [0.29, 0.717) is 0 Å². The molecule has 0 aliphatic heterocycles. The topological polar surface area (TPSA) is 0 Å². The fraction of sp³-hybridized carbons (Fsp3) is 0.600. The van der Waals surface area contributed by atoms with Gasteiger partial charge in [-0.25, -0.2) is 0 Å². The Balaban J connectivity index is 0. The van der Waals surface area contributed by atoms with Crippen molar-refractivity contribution in [1.82, 2.24) is 0 Å². The zero-order chi connectivity index (χ0) is 7.66. The van der Waals surface area contributed by atoms with Gasteiger partial charge in [0.1, 0.15) is 0 Å². The Hall–Kier alpha value is -0.103. The van der Waals surface area contributed by atoms with Gasteiger partial charge in [0.25, 0.3) is 0 Å². The molecule has 0 aromatic heterocycles. The summed E-state index contributed by atoms with van der Waals surface area (Å²) in [6, 6.07) is 0. The molecule has 0 heterocycles. The molecule has 0 aliphatic rings. The zero-order valence-electron chi connectivity index (χ0n) is 7.74. The number of rotatable bonds is 4. The van der Waals surface area contributed by atoms with E-state index in [-0.39, 0.29) is 18.9 Å². The third-order valence-electron chi connectivity index (χ3n) is 1.16. The minimum absolute atomic E-state index is 0. The van der Waals surface area contributed by atoms with Crippen LogP contribution in [0.4, 0.5) is 0 Å². The smallest absolute Gasteiger partial charge is 0.504 e. The third-order valence-corrected chi connectivity index (χ3v) is 1.16. The molecule has 0 rings (SSSR count). The van der Waals surface area contributed by atoms with Crippen LogP contribution in [0.3, 0.4) is 0 Å². The zero-order valence-corrected chi connectivity index (χ0v) is 7.74. The summed E-state index contributed by atoms with van der Waals surface area (Å²) in [5.74, 6) is 6.20. The van der Waals surface area contributed by atoms with Gasteiger partial charge < -0.3 is 6.08 Å². The van der Waals surface area contributed by atoms with E-state index in [4.69, 9.17) is 0 Å². The first-order chi connectivity index (χ1) is 4.91. The van der Waals surface area contributed by atoms with Crippen molar-refractivity contribution in [3.63, 3.8) is 0 Å². The number of hydrogen-bond donors (Lipinski definition) is 0. The molecular weight excluding hydrogens is 127 g/mol. The Kier molecular flexibility index (Phi) is 15.4. The Labute approximate surface area is 82.6 Å². The van der Waals surface area contributed by atoms with Crippen LogP contribution in [-0.4, -0.2) is 0 Å². The van der Waals surface area contributed by atoms with Crippen LogP contribution in [0.2, 0.25) is 0 Å². The van der Waals surface area contributed by atoms with Crippen molar-refractivity contribution in [2.75, 3.05) is 0 Å². The molecule has 11 heavy (non-hydrogen) atoms. The van der Waals surface area contributed by atoms with Crippen molar-refractivity contribution < 1.29 is 18.9 Å². The third kappa shape index (κ3) is 13.0. The maximum absolute atomic E-state index is 3.52. The summed E-state index contributed by atoms with van der Waals surface area (Å²) in [4.78, 5) is 0. The Morgan fingerprint density at radius 1 is 1.27 bits per heavy atom. The minimum atomic E-state index is 0. The molecule has 0 radical (unpaired) electrons. The van der Waals surface area contributed by atoms with E-state index in [0.717, 1.165) is 25.7 Å². The maximum atomic E-state index is 3.52. The Bertz CT molecular complexity index is 128. The van der Waals surface area contributed by atoms with Crippen molar-refractivity contribution in [2.24, 2.45) is 0 Å². The van der Waals surface area contributed by atoms with Crippen LogP contribution in [0.5, 0.6) is 0 Å². The van der Waals surface area contributed by atoms with E-state index < -0.39 is 0 Å². The molecule has 0 aromatic rings. The van der Waals surface area contributed by atoms with Crippen LogP contribution in [-0.2, 0) is 0 Å².